The van der Waals surface area contributed by atoms with E-state index in [0.29, 0.717) is 12.4 Å². The minimum absolute atomic E-state index is 0.0877. The van der Waals surface area contributed by atoms with Gasteiger partial charge in [-0.05, 0) is 30.5 Å². The number of anilines is 1. The molecule has 0 amide bonds. The van der Waals surface area contributed by atoms with Crippen LogP contribution in [0, 0.1) is 0 Å². The molecule has 1 saturated heterocycles. The standard InChI is InChI=1S/C17H19N3O3/c1-22-17(21)14-7-8-16(20-19-14)18-13-9-10-23-15(11-13)12-5-3-2-4-6-12/h2-8,13,15H,9-11H2,1H3,(H,18,20)/t13-,15+/m0/s1. The topological polar surface area (TPSA) is 73.3 Å². The van der Waals surface area contributed by atoms with E-state index in [1.165, 1.54) is 12.7 Å². The van der Waals surface area contributed by atoms with E-state index in [2.05, 4.69) is 32.4 Å². The van der Waals surface area contributed by atoms with E-state index in [1.54, 1.807) is 12.1 Å². The Kier molecular flexibility index (Phi) is 4.83. The van der Waals surface area contributed by atoms with Crippen molar-refractivity contribution in [2.24, 2.45) is 0 Å². The first-order chi connectivity index (χ1) is 11.3. The van der Waals surface area contributed by atoms with E-state index in [1.807, 2.05) is 18.2 Å². The summed E-state index contributed by atoms with van der Waals surface area (Å²) in [5.74, 6) is 0.163. The monoisotopic (exact) mass is 313 g/mol. The molecule has 120 valence electrons. The Labute approximate surface area is 134 Å². The highest BCUT2D eigenvalue weighted by Crippen LogP contribution is 2.29. The van der Waals surface area contributed by atoms with Gasteiger partial charge >= 0.3 is 5.97 Å². The van der Waals surface area contributed by atoms with E-state index in [9.17, 15) is 4.79 Å². The van der Waals surface area contributed by atoms with Crippen LogP contribution in [0.4, 0.5) is 5.82 Å². The molecular formula is C17H19N3O3. The summed E-state index contributed by atoms with van der Waals surface area (Å²) >= 11 is 0. The van der Waals surface area contributed by atoms with Crippen molar-refractivity contribution in [3.8, 4) is 0 Å². The number of methoxy groups -OCH3 is 1. The van der Waals surface area contributed by atoms with Crippen LogP contribution in [0.15, 0.2) is 42.5 Å². The quantitative estimate of drug-likeness (QED) is 0.875. The number of benzene rings is 1. The van der Waals surface area contributed by atoms with Crippen LogP contribution in [0.25, 0.3) is 0 Å². The van der Waals surface area contributed by atoms with Crippen molar-refractivity contribution in [3.05, 3.63) is 53.7 Å². The zero-order chi connectivity index (χ0) is 16.1. The third-order valence-electron chi connectivity index (χ3n) is 3.87. The van der Waals surface area contributed by atoms with Crippen LogP contribution in [0.5, 0.6) is 0 Å². The van der Waals surface area contributed by atoms with Gasteiger partial charge in [-0.15, -0.1) is 10.2 Å². The van der Waals surface area contributed by atoms with Crippen LogP contribution >= 0.6 is 0 Å². The number of aromatic nitrogens is 2. The normalized spacial score (nSPS) is 20.7. The molecule has 1 N–H and O–H groups in total. The Morgan fingerprint density at radius 2 is 2.04 bits per heavy atom. The van der Waals surface area contributed by atoms with Crippen LogP contribution in [-0.4, -0.2) is 35.9 Å². The summed E-state index contributed by atoms with van der Waals surface area (Å²) in [5.41, 5.74) is 1.39. The number of hydrogen-bond donors (Lipinski definition) is 1. The number of nitrogens with zero attached hydrogens (tertiary/aromatic N) is 2. The lowest BCUT2D eigenvalue weighted by atomic mass is 9.97. The van der Waals surface area contributed by atoms with Gasteiger partial charge in [0.1, 0.15) is 5.82 Å². The molecule has 3 rings (SSSR count). The summed E-state index contributed by atoms with van der Waals surface area (Å²) in [6, 6.07) is 13.8. The maximum Gasteiger partial charge on any atom is 0.358 e. The first-order valence-electron chi connectivity index (χ1n) is 7.61. The maximum atomic E-state index is 11.4. The number of carbonyl (C=O) groups excluding carboxylic acids is 1. The van der Waals surface area contributed by atoms with E-state index < -0.39 is 5.97 Å². The lowest BCUT2D eigenvalue weighted by Crippen LogP contribution is -2.30. The van der Waals surface area contributed by atoms with Gasteiger partial charge in [-0.2, -0.15) is 0 Å². The molecule has 23 heavy (non-hydrogen) atoms. The Morgan fingerprint density at radius 1 is 1.22 bits per heavy atom. The highest BCUT2D eigenvalue weighted by molar-refractivity contribution is 5.86. The average molecular weight is 313 g/mol. The summed E-state index contributed by atoms with van der Waals surface area (Å²) in [7, 11) is 1.32. The van der Waals surface area contributed by atoms with Gasteiger partial charge in [0.25, 0.3) is 0 Å². The molecule has 6 nitrogen and oxygen atoms in total. The van der Waals surface area contributed by atoms with Gasteiger partial charge in [0.15, 0.2) is 5.69 Å². The predicted octanol–water partition coefficient (Wildman–Crippen LogP) is 2.60. The van der Waals surface area contributed by atoms with Gasteiger partial charge in [-0.25, -0.2) is 4.79 Å². The van der Waals surface area contributed by atoms with Crippen molar-refractivity contribution >= 4 is 11.8 Å². The van der Waals surface area contributed by atoms with Gasteiger partial charge < -0.3 is 14.8 Å². The largest absolute Gasteiger partial charge is 0.464 e. The van der Waals surface area contributed by atoms with Crippen LogP contribution in [0.2, 0.25) is 0 Å². The molecular weight excluding hydrogens is 294 g/mol. The summed E-state index contributed by atoms with van der Waals surface area (Å²) in [6.45, 7) is 0.699. The summed E-state index contributed by atoms with van der Waals surface area (Å²) in [6.07, 6.45) is 1.86. The van der Waals surface area contributed by atoms with E-state index >= 15 is 0 Å². The van der Waals surface area contributed by atoms with Gasteiger partial charge in [-0.1, -0.05) is 30.3 Å². The van der Waals surface area contributed by atoms with Crippen molar-refractivity contribution in [1.82, 2.24) is 10.2 Å². The summed E-state index contributed by atoms with van der Waals surface area (Å²) in [5, 5.41) is 11.3. The second-order valence-corrected chi connectivity index (χ2v) is 5.43. The van der Waals surface area contributed by atoms with Crippen LogP contribution < -0.4 is 5.32 Å². The van der Waals surface area contributed by atoms with Crippen LogP contribution in [0.3, 0.4) is 0 Å². The second-order valence-electron chi connectivity index (χ2n) is 5.43. The minimum Gasteiger partial charge on any atom is -0.464 e. The van der Waals surface area contributed by atoms with Crippen molar-refractivity contribution in [2.45, 2.75) is 25.0 Å². The van der Waals surface area contributed by atoms with E-state index in [4.69, 9.17) is 4.74 Å². The maximum absolute atomic E-state index is 11.4. The average Bonchev–Trinajstić information content (AvgIpc) is 2.63. The van der Waals surface area contributed by atoms with Gasteiger partial charge in [-0.3, -0.25) is 0 Å². The molecule has 1 fully saturated rings. The lowest BCUT2D eigenvalue weighted by Gasteiger charge is -2.30. The summed E-state index contributed by atoms with van der Waals surface area (Å²) in [4.78, 5) is 11.4. The molecule has 1 aromatic heterocycles. The van der Waals surface area contributed by atoms with Crippen molar-refractivity contribution < 1.29 is 14.3 Å². The number of carbonyl (C=O) groups is 1. The molecule has 0 radical (unpaired) electrons. The molecule has 1 aromatic carbocycles. The highest BCUT2D eigenvalue weighted by Gasteiger charge is 2.24. The Morgan fingerprint density at radius 3 is 2.74 bits per heavy atom. The van der Waals surface area contributed by atoms with Crippen molar-refractivity contribution in [3.63, 3.8) is 0 Å². The van der Waals surface area contributed by atoms with Gasteiger partial charge in [0.2, 0.25) is 0 Å². The smallest absolute Gasteiger partial charge is 0.358 e. The third kappa shape index (κ3) is 3.84. The molecule has 0 unspecified atom stereocenters. The predicted molar refractivity (Wildman–Crippen MR) is 85.2 cm³/mol. The fourth-order valence-electron chi connectivity index (χ4n) is 2.66. The summed E-state index contributed by atoms with van der Waals surface area (Å²) < 4.78 is 10.5. The zero-order valence-corrected chi connectivity index (χ0v) is 12.9. The molecule has 1 aliphatic heterocycles. The molecule has 0 aliphatic carbocycles. The Hall–Kier alpha value is -2.47. The number of nitrogens with one attached hydrogen (secondary N) is 1. The molecule has 2 aromatic rings. The third-order valence-corrected chi connectivity index (χ3v) is 3.87. The number of esters is 1. The number of hydrogen-bond acceptors (Lipinski definition) is 6. The molecule has 0 bridgehead atoms. The minimum atomic E-state index is -0.487. The number of ether oxygens (including phenoxy) is 2. The first-order valence-corrected chi connectivity index (χ1v) is 7.61. The SMILES string of the molecule is COC(=O)c1ccc(N[C@H]2CCO[C@@H](c3ccccc3)C2)nn1. The molecule has 0 spiro atoms. The molecule has 2 atom stereocenters. The van der Waals surface area contributed by atoms with Gasteiger partial charge in [0.05, 0.1) is 13.2 Å². The molecule has 0 saturated carbocycles. The number of rotatable bonds is 4. The Bertz CT molecular complexity index is 646. The first kappa shape index (κ1) is 15.4. The molecule has 6 heteroatoms. The second kappa shape index (κ2) is 7.19. The van der Waals surface area contributed by atoms with Crippen molar-refractivity contribution in [2.75, 3.05) is 19.0 Å². The highest BCUT2D eigenvalue weighted by atomic mass is 16.5. The van der Waals surface area contributed by atoms with Crippen LogP contribution in [-0.2, 0) is 9.47 Å². The fourth-order valence-corrected chi connectivity index (χ4v) is 2.66. The lowest BCUT2D eigenvalue weighted by molar-refractivity contribution is 0.00973. The molecule has 1 aliphatic rings. The fraction of sp³-hybridized carbons (Fsp3) is 0.353. The Balaban J connectivity index is 1.62. The van der Waals surface area contributed by atoms with Crippen molar-refractivity contribution in [1.29, 1.82) is 0 Å². The molecule has 2 heterocycles. The van der Waals surface area contributed by atoms with Crippen LogP contribution in [0.1, 0.15) is 35.0 Å². The van der Waals surface area contributed by atoms with Gasteiger partial charge in [0, 0.05) is 12.6 Å². The van der Waals surface area contributed by atoms with E-state index in [0.717, 1.165) is 12.8 Å². The zero-order valence-electron chi connectivity index (χ0n) is 12.9. The van der Waals surface area contributed by atoms with E-state index in [-0.39, 0.29) is 17.8 Å².